The molecule has 0 spiro atoms. The van der Waals surface area contributed by atoms with Gasteiger partial charge in [-0.05, 0) is 38.5 Å². The van der Waals surface area contributed by atoms with Crippen LogP contribution in [0.4, 0.5) is 0 Å². The maximum Gasteiger partial charge on any atom is 0.268 e. The summed E-state index contributed by atoms with van der Waals surface area (Å²) in [6.45, 7) is 4.76. The minimum absolute atomic E-state index is 0.0149. The second kappa shape index (κ2) is 49.2. The van der Waals surface area contributed by atoms with Crippen molar-refractivity contribution >= 4 is 13.7 Å². The van der Waals surface area contributed by atoms with E-state index >= 15 is 0 Å². The van der Waals surface area contributed by atoms with Crippen LogP contribution in [0.3, 0.4) is 0 Å². The summed E-state index contributed by atoms with van der Waals surface area (Å²) in [6, 6.07) is -0.797. The topological polar surface area (TPSA) is 108 Å². The average molecular weight is 956 g/mol. The van der Waals surface area contributed by atoms with Crippen molar-refractivity contribution in [3.8, 4) is 0 Å². The van der Waals surface area contributed by atoms with Crippen LogP contribution in [0.2, 0.25) is 0 Å². The molecule has 0 aromatic rings. The zero-order valence-corrected chi connectivity index (χ0v) is 45.8. The number of aliphatic hydroxyl groups excluding tert-OH is 1. The Morgan fingerprint density at radius 3 is 1.18 bits per heavy atom. The molecule has 0 rings (SSSR count). The number of allylic oxidation sites excluding steroid dienone is 2. The molecular formula is C57H115N2O6P. The minimum Gasteiger partial charge on any atom is -0.756 e. The van der Waals surface area contributed by atoms with Crippen molar-refractivity contribution in [1.82, 2.24) is 5.32 Å². The van der Waals surface area contributed by atoms with E-state index in [1.54, 1.807) is 0 Å². The number of amides is 1. The molecule has 394 valence electrons. The Morgan fingerprint density at radius 1 is 0.515 bits per heavy atom. The van der Waals surface area contributed by atoms with E-state index in [4.69, 9.17) is 9.05 Å². The number of likely N-dealkylation sites (N-methyl/N-ethyl adjacent to an activating group) is 1. The van der Waals surface area contributed by atoms with E-state index in [0.717, 1.165) is 38.5 Å². The number of hydrogen-bond acceptors (Lipinski definition) is 6. The lowest BCUT2D eigenvalue weighted by Crippen LogP contribution is -2.46. The zero-order chi connectivity index (χ0) is 48.5. The maximum atomic E-state index is 13.0. The van der Waals surface area contributed by atoms with Crippen LogP contribution in [-0.4, -0.2) is 68.5 Å². The Labute approximate surface area is 412 Å². The van der Waals surface area contributed by atoms with E-state index in [0.29, 0.717) is 23.9 Å². The maximum absolute atomic E-state index is 13.0. The molecule has 9 heteroatoms. The van der Waals surface area contributed by atoms with Crippen LogP contribution in [-0.2, 0) is 18.4 Å². The summed E-state index contributed by atoms with van der Waals surface area (Å²) in [5, 5.41) is 14.0. The van der Waals surface area contributed by atoms with E-state index in [9.17, 15) is 19.4 Å². The predicted octanol–water partition coefficient (Wildman–Crippen LogP) is 16.8. The lowest BCUT2D eigenvalue weighted by molar-refractivity contribution is -0.870. The molecule has 0 aliphatic carbocycles. The summed E-state index contributed by atoms with van der Waals surface area (Å²) in [5.41, 5.74) is 0. The van der Waals surface area contributed by atoms with Crippen molar-refractivity contribution < 1.29 is 32.9 Å². The van der Waals surface area contributed by atoms with Crippen LogP contribution in [0.5, 0.6) is 0 Å². The number of rotatable bonds is 54. The molecule has 0 aliphatic heterocycles. The Balaban J connectivity index is 4.02. The third kappa shape index (κ3) is 51.1. The fourth-order valence-corrected chi connectivity index (χ4v) is 9.64. The van der Waals surface area contributed by atoms with E-state index in [-0.39, 0.29) is 19.1 Å². The summed E-state index contributed by atoms with van der Waals surface area (Å²) >= 11 is 0. The molecule has 3 unspecified atom stereocenters. The first-order chi connectivity index (χ1) is 32.0. The van der Waals surface area contributed by atoms with Crippen molar-refractivity contribution in [2.45, 2.75) is 309 Å². The van der Waals surface area contributed by atoms with Gasteiger partial charge in [-0.3, -0.25) is 9.36 Å². The van der Waals surface area contributed by atoms with E-state index in [1.165, 1.54) is 231 Å². The highest BCUT2D eigenvalue weighted by molar-refractivity contribution is 7.45. The second-order valence-electron chi connectivity index (χ2n) is 21.4. The summed E-state index contributed by atoms with van der Waals surface area (Å²) in [7, 11) is 1.32. The predicted molar refractivity (Wildman–Crippen MR) is 284 cm³/mol. The van der Waals surface area contributed by atoms with Gasteiger partial charge >= 0.3 is 0 Å². The van der Waals surface area contributed by atoms with Crippen LogP contribution < -0.4 is 10.2 Å². The monoisotopic (exact) mass is 955 g/mol. The Hall–Kier alpha value is -0.760. The zero-order valence-electron chi connectivity index (χ0n) is 44.9. The molecule has 0 fully saturated rings. The Bertz CT molecular complexity index is 1080. The van der Waals surface area contributed by atoms with Crippen LogP contribution in [0.25, 0.3) is 0 Å². The molecule has 2 N–H and O–H groups in total. The van der Waals surface area contributed by atoms with Gasteiger partial charge in [-0.1, -0.05) is 264 Å². The number of carbonyl (C=O) groups is 1. The number of phosphoric ester groups is 1. The van der Waals surface area contributed by atoms with Gasteiger partial charge in [0.15, 0.2) is 0 Å². The van der Waals surface area contributed by atoms with Crippen molar-refractivity contribution in [3.63, 3.8) is 0 Å². The number of carbonyl (C=O) groups excluding carboxylic acids is 1. The summed E-state index contributed by atoms with van der Waals surface area (Å²) in [4.78, 5) is 25.5. The van der Waals surface area contributed by atoms with Gasteiger partial charge < -0.3 is 28.8 Å². The highest BCUT2D eigenvalue weighted by atomic mass is 31.2. The number of nitrogens with one attached hydrogen (secondary N) is 1. The van der Waals surface area contributed by atoms with Crippen molar-refractivity contribution in [2.75, 3.05) is 40.9 Å². The highest BCUT2D eigenvalue weighted by Gasteiger charge is 2.24. The Morgan fingerprint density at radius 2 is 0.833 bits per heavy atom. The van der Waals surface area contributed by atoms with Gasteiger partial charge in [0.1, 0.15) is 13.2 Å². The van der Waals surface area contributed by atoms with Gasteiger partial charge in [-0.15, -0.1) is 0 Å². The molecule has 0 saturated carbocycles. The molecule has 0 aromatic heterocycles. The fourth-order valence-electron chi connectivity index (χ4n) is 8.92. The van der Waals surface area contributed by atoms with Crippen LogP contribution in [0, 0.1) is 0 Å². The van der Waals surface area contributed by atoms with Crippen LogP contribution in [0.15, 0.2) is 12.2 Å². The summed E-state index contributed by atoms with van der Waals surface area (Å²) < 4.78 is 23.4. The molecule has 1 amide bonds. The molecule has 0 aromatic carbocycles. The lowest BCUT2D eigenvalue weighted by atomic mass is 10.0. The van der Waals surface area contributed by atoms with Gasteiger partial charge in [-0.25, -0.2) is 0 Å². The number of phosphoric acid groups is 1. The fraction of sp³-hybridized carbons (Fsp3) is 0.947. The van der Waals surface area contributed by atoms with Gasteiger partial charge in [0, 0.05) is 6.42 Å². The van der Waals surface area contributed by atoms with Gasteiger partial charge in [-0.2, -0.15) is 0 Å². The molecule has 8 nitrogen and oxygen atoms in total. The number of aliphatic hydroxyl groups is 1. The molecule has 0 heterocycles. The van der Waals surface area contributed by atoms with Crippen LogP contribution >= 0.6 is 7.82 Å². The van der Waals surface area contributed by atoms with Crippen molar-refractivity contribution in [1.29, 1.82) is 0 Å². The first-order valence-corrected chi connectivity index (χ1v) is 30.5. The largest absolute Gasteiger partial charge is 0.756 e. The smallest absolute Gasteiger partial charge is 0.268 e. The van der Waals surface area contributed by atoms with Gasteiger partial charge in [0.2, 0.25) is 5.91 Å². The average Bonchev–Trinajstić information content (AvgIpc) is 3.28. The number of quaternary nitrogens is 1. The van der Waals surface area contributed by atoms with Crippen molar-refractivity contribution in [3.05, 3.63) is 12.2 Å². The van der Waals surface area contributed by atoms with Crippen LogP contribution in [0.1, 0.15) is 296 Å². The normalized spacial score (nSPS) is 14.0. The first-order valence-electron chi connectivity index (χ1n) is 29.0. The molecule has 66 heavy (non-hydrogen) atoms. The standard InChI is InChI=1S/C57H115N2O6P/c1-6-8-10-12-14-16-18-20-22-23-24-25-26-27-28-29-30-31-32-33-34-35-36-37-39-41-43-45-47-49-51-57(61)58-55(54-65-66(62,63)64-53-52-59(3,4)5)56(60)50-48-46-44-42-40-38-21-19-17-15-13-11-9-7-2/h27-28,55-56,60H,6-26,29-54H2,1-5H3,(H-,58,61,62,63)/b28-27-. The second-order valence-corrected chi connectivity index (χ2v) is 22.8. The Kier molecular flexibility index (Phi) is 48.7. The minimum atomic E-state index is -4.57. The van der Waals surface area contributed by atoms with E-state index in [2.05, 4.69) is 31.3 Å². The van der Waals surface area contributed by atoms with Crippen molar-refractivity contribution in [2.24, 2.45) is 0 Å². The molecule has 3 atom stereocenters. The van der Waals surface area contributed by atoms with E-state index in [1.807, 2.05) is 21.1 Å². The quantitative estimate of drug-likeness (QED) is 0.0272. The lowest BCUT2D eigenvalue weighted by Gasteiger charge is -2.30. The van der Waals surface area contributed by atoms with Gasteiger partial charge in [0.05, 0.1) is 39.9 Å². The number of unbranched alkanes of at least 4 members (excludes halogenated alkanes) is 39. The third-order valence-electron chi connectivity index (χ3n) is 13.5. The van der Waals surface area contributed by atoms with Gasteiger partial charge in [0.25, 0.3) is 7.82 Å². The number of nitrogens with zero attached hydrogens (tertiary/aromatic N) is 1. The number of hydrogen-bond donors (Lipinski definition) is 2. The molecule has 0 saturated heterocycles. The third-order valence-corrected chi connectivity index (χ3v) is 14.5. The first kappa shape index (κ1) is 65.2. The molecular weight excluding hydrogens is 840 g/mol. The SMILES string of the molecule is CCCCCCCCCCCCCC/C=C\CCCCCCCCCCCCCCCCC(=O)NC(COP(=O)([O-])OCC[N+](C)(C)C)C(O)CCCCCCCCCCCCCCCC. The molecule has 0 aliphatic rings. The van der Waals surface area contributed by atoms with E-state index < -0.39 is 20.0 Å². The highest BCUT2D eigenvalue weighted by Crippen LogP contribution is 2.38. The summed E-state index contributed by atoms with van der Waals surface area (Å²) in [5.74, 6) is -0.160. The molecule has 0 bridgehead atoms. The summed E-state index contributed by atoms with van der Waals surface area (Å²) in [6.07, 6.45) is 59.7. The molecule has 0 radical (unpaired) electrons.